The van der Waals surface area contributed by atoms with E-state index in [1.165, 1.54) is 6.92 Å². The van der Waals surface area contributed by atoms with Gasteiger partial charge in [0, 0.05) is 18.7 Å². The van der Waals surface area contributed by atoms with Crippen LogP contribution in [0.1, 0.15) is 31.0 Å². The molecule has 0 aliphatic carbocycles. The smallest absolute Gasteiger partial charge is 0.267 e. The monoisotopic (exact) mass is 353 g/mol. The van der Waals surface area contributed by atoms with Crippen molar-refractivity contribution in [3.63, 3.8) is 0 Å². The number of anilines is 1. The highest BCUT2D eigenvalue weighted by atomic mass is 16.2. The number of aryl methyl sites for hydroxylation is 2. The molecule has 0 saturated heterocycles. The lowest BCUT2D eigenvalue weighted by atomic mass is 10.1. The number of ketones is 1. The molecule has 7 nitrogen and oxygen atoms in total. The fourth-order valence-electron chi connectivity index (χ4n) is 2.99. The quantitative estimate of drug-likeness (QED) is 0.745. The van der Waals surface area contributed by atoms with Gasteiger partial charge in [-0.25, -0.2) is 0 Å². The number of rotatable bonds is 7. The van der Waals surface area contributed by atoms with Gasteiger partial charge in [0.1, 0.15) is 11.8 Å². The fourth-order valence-corrected chi connectivity index (χ4v) is 2.99. The maximum absolute atomic E-state index is 12.4. The van der Waals surface area contributed by atoms with Crippen LogP contribution in [0.15, 0.2) is 41.6 Å². The molecule has 26 heavy (non-hydrogen) atoms. The Morgan fingerprint density at radius 3 is 2.73 bits per heavy atom. The number of hydrogen-bond acceptors (Lipinski definition) is 5. The van der Waals surface area contributed by atoms with E-state index in [1.54, 1.807) is 5.01 Å². The van der Waals surface area contributed by atoms with E-state index >= 15 is 0 Å². The van der Waals surface area contributed by atoms with Gasteiger partial charge in [-0.05, 0) is 44.4 Å². The predicted octanol–water partition coefficient (Wildman–Crippen LogP) is 1.99. The van der Waals surface area contributed by atoms with Crippen molar-refractivity contribution in [2.24, 2.45) is 5.10 Å². The fraction of sp³-hybridized carbons (Fsp3) is 0.368. The number of nitrogens with zero attached hydrogens (tertiary/aromatic N) is 3. The summed E-state index contributed by atoms with van der Waals surface area (Å²) in [5.74, 6) is -0.213. The van der Waals surface area contributed by atoms with E-state index in [2.05, 4.69) is 20.6 Å². The Labute approximate surface area is 152 Å². The number of H-pyrrole nitrogens is 1. The van der Waals surface area contributed by atoms with Crippen molar-refractivity contribution in [3.05, 3.63) is 47.8 Å². The topological polar surface area (TPSA) is 90.4 Å². The van der Waals surface area contributed by atoms with Gasteiger partial charge >= 0.3 is 0 Å². The van der Waals surface area contributed by atoms with Crippen LogP contribution in [-0.2, 0) is 16.0 Å². The van der Waals surface area contributed by atoms with Gasteiger partial charge in [0.25, 0.3) is 5.91 Å². The van der Waals surface area contributed by atoms with E-state index in [-0.39, 0.29) is 11.7 Å². The minimum absolute atomic E-state index is 0.00386. The Balaban J connectivity index is 1.58. The summed E-state index contributed by atoms with van der Waals surface area (Å²) in [5.41, 5.74) is 3.42. The molecule has 0 bridgehead atoms. The number of carbonyl (C=O) groups is 2. The average Bonchev–Trinajstić information content (AvgIpc) is 3.26. The summed E-state index contributed by atoms with van der Waals surface area (Å²) in [7, 11) is 0. The van der Waals surface area contributed by atoms with Gasteiger partial charge in [0.05, 0.1) is 11.9 Å². The molecule has 0 spiro atoms. The van der Waals surface area contributed by atoms with Crippen molar-refractivity contribution in [2.45, 2.75) is 39.2 Å². The van der Waals surface area contributed by atoms with Crippen molar-refractivity contribution >= 4 is 23.1 Å². The van der Waals surface area contributed by atoms with Crippen molar-refractivity contribution < 1.29 is 9.59 Å². The van der Waals surface area contributed by atoms with E-state index in [0.29, 0.717) is 18.7 Å². The average molecular weight is 353 g/mol. The summed E-state index contributed by atoms with van der Waals surface area (Å²) < 4.78 is 0. The zero-order valence-electron chi connectivity index (χ0n) is 15.0. The Morgan fingerprint density at radius 1 is 1.31 bits per heavy atom. The SMILES string of the molecule is CC(=O)C1CC(C(=O)NCCCc2cn[nH]c2C)=NN1c1ccccc1. The number of hydrazone groups is 1. The molecule has 1 atom stereocenters. The molecule has 0 fully saturated rings. The standard InChI is InChI=1S/C19H23N5O2/c1-13-15(12-21-22-13)7-6-10-20-19(26)17-11-18(14(2)25)24(23-17)16-8-4-3-5-9-16/h3-5,8-9,12,18H,6-7,10-11H2,1-2H3,(H,20,26)(H,21,22). The van der Waals surface area contributed by atoms with Gasteiger partial charge in [0.15, 0.2) is 5.78 Å². The number of amides is 1. The molecule has 7 heteroatoms. The lowest BCUT2D eigenvalue weighted by Gasteiger charge is -2.20. The molecule has 136 valence electrons. The van der Waals surface area contributed by atoms with E-state index in [9.17, 15) is 9.59 Å². The third-order valence-electron chi connectivity index (χ3n) is 4.51. The van der Waals surface area contributed by atoms with Crippen LogP contribution in [0.5, 0.6) is 0 Å². The summed E-state index contributed by atoms with van der Waals surface area (Å²) in [5, 5.41) is 15.8. The molecule has 3 rings (SSSR count). The second-order valence-electron chi connectivity index (χ2n) is 6.44. The van der Waals surface area contributed by atoms with Crippen LogP contribution in [-0.4, -0.2) is 40.2 Å². The number of nitrogens with one attached hydrogen (secondary N) is 2. The molecule has 2 aromatic rings. The lowest BCUT2D eigenvalue weighted by molar-refractivity contribution is -0.118. The van der Waals surface area contributed by atoms with Gasteiger partial charge in [-0.3, -0.25) is 19.7 Å². The molecular formula is C19H23N5O2. The molecule has 0 saturated carbocycles. The van der Waals surface area contributed by atoms with Crippen LogP contribution < -0.4 is 10.3 Å². The molecule has 1 aliphatic rings. The van der Waals surface area contributed by atoms with Crippen LogP contribution in [0, 0.1) is 6.92 Å². The Bertz CT molecular complexity index is 812. The number of Topliss-reactive ketones (excluding diaryl/α,β-unsaturated/α-hetero) is 1. The highest BCUT2D eigenvalue weighted by molar-refractivity contribution is 6.40. The zero-order valence-corrected chi connectivity index (χ0v) is 15.0. The Kier molecular flexibility index (Phi) is 5.46. The Hall–Kier alpha value is -2.96. The van der Waals surface area contributed by atoms with Crippen LogP contribution in [0.3, 0.4) is 0 Å². The van der Waals surface area contributed by atoms with Gasteiger partial charge in [-0.2, -0.15) is 10.2 Å². The first-order chi connectivity index (χ1) is 12.6. The number of aromatic amines is 1. The number of benzene rings is 1. The van der Waals surface area contributed by atoms with Crippen molar-refractivity contribution in [2.75, 3.05) is 11.6 Å². The highest BCUT2D eigenvalue weighted by Crippen LogP contribution is 2.24. The molecule has 1 aromatic heterocycles. The third kappa shape index (κ3) is 3.99. The second-order valence-corrected chi connectivity index (χ2v) is 6.44. The van der Waals surface area contributed by atoms with Crippen LogP contribution in [0.4, 0.5) is 5.69 Å². The molecule has 2 N–H and O–H groups in total. The van der Waals surface area contributed by atoms with Crippen molar-refractivity contribution in [1.82, 2.24) is 15.5 Å². The summed E-state index contributed by atoms with van der Waals surface area (Å²) in [6, 6.07) is 9.02. The molecule has 0 radical (unpaired) electrons. The summed E-state index contributed by atoms with van der Waals surface area (Å²) in [6.45, 7) is 4.07. The lowest BCUT2D eigenvalue weighted by Crippen LogP contribution is -2.34. The molecule has 2 heterocycles. The van der Waals surface area contributed by atoms with Crippen LogP contribution >= 0.6 is 0 Å². The maximum Gasteiger partial charge on any atom is 0.267 e. The molecular weight excluding hydrogens is 330 g/mol. The number of para-hydroxylation sites is 1. The van der Waals surface area contributed by atoms with Crippen LogP contribution in [0.2, 0.25) is 0 Å². The first-order valence-corrected chi connectivity index (χ1v) is 8.75. The first kappa shape index (κ1) is 17.8. The van der Waals surface area contributed by atoms with Gasteiger partial charge in [-0.15, -0.1) is 0 Å². The Morgan fingerprint density at radius 2 is 2.08 bits per heavy atom. The minimum atomic E-state index is -0.424. The third-order valence-corrected chi connectivity index (χ3v) is 4.51. The molecule has 1 aliphatic heterocycles. The van der Waals surface area contributed by atoms with Crippen LogP contribution in [0.25, 0.3) is 0 Å². The van der Waals surface area contributed by atoms with E-state index < -0.39 is 6.04 Å². The maximum atomic E-state index is 12.4. The minimum Gasteiger partial charge on any atom is -0.351 e. The van der Waals surface area contributed by atoms with E-state index in [4.69, 9.17) is 0 Å². The van der Waals surface area contributed by atoms with Gasteiger partial charge < -0.3 is 5.32 Å². The summed E-state index contributed by atoms with van der Waals surface area (Å²) in [4.78, 5) is 24.4. The molecule has 1 aromatic carbocycles. The van der Waals surface area contributed by atoms with Crippen molar-refractivity contribution in [1.29, 1.82) is 0 Å². The van der Waals surface area contributed by atoms with Gasteiger partial charge in [0.2, 0.25) is 0 Å². The predicted molar refractivity (Wildman–Crippen MR) is 100 cm³/mol. The van der Waals surface area contributed by atoms with E-state index in [1.807, 2.05) is 43.5 Å². The van der Waals surface area contributed by atoms with Gasteiger partial charge in [-0.1, -0.05) is 18.2 Å². The normalized spacial score (nSPS) is 16.5. The van der Waals surface area contributed by atoms with Crippen molar-refractivity contribution in [3.8, 4) is 0 Å². The molecule has 1 amide bonds. The zero-order chi connectivity index (χ0) is 18.5. The largest absolute Gasteiger partial charge is 0.351 e. The molecule has 1 unspecified atom stereocenters. The first-order valence-electron chi connectivity index (χ1n) is 8.75. The highest BCUT2D eigenvalue weighted by Gasteiger charge is 2.33. The summed E-state index contributed by atoms with van der Waals surface area (Å²) in [6.07, 6.45) is 3.81. The van der Waals surface area contributed by atoms with E-state index in [0.717, 1.165) is 29.8 Å². The summed E-state index contributed by atoms with van der Waals surface area (Å²) >= 11 is 0. The number of hydrogen-bond donors (Lipinski definition) is 2. The second kappa shape index (κ2) is 7.95. The number of aromatic nitrogens is 2. The number of carbonyl (C=O) groups excluding carboxylic acids is 2.